The van der Waals surface area contributed by atoms with Crippen molar-refractivity contribution in [2.75, 3.05) is 30.4 Å². The van der Waals surface area contributed by atoms with Crippen molar-refractivity contribution in [3.8, 4) is 5.75 Å². The van der Waals surface area contributed by atoms with Gasteiger partial charge in [0.1, 0.15) is 5.69 Å². The number of nitrogens with zero attached hydrogens (tertiary/aromatic N) is 2. The summed E-state index contributed by atoms with van der Waals surface area (Å²) >= 11 is 1.48. The molecule has 184 valence electrons. The number of carbonyl (C=O) groups is 1. The van der Waals surface area contributed by atoms with Crippen LogP contribution in [0.4, 0.5) is 19.6 Å². The molecule has 34 heavy (non-hydrogen) atoms. The van der Waals surface area contributed by atoms with Crippen molar-refractivity contribution in [1.29, 1.82) is 0 Å². The zero-order valence-electron chi connectivity index (χ0n) is 19.8. The van der Waals surface area contributed by atoms with Crippen LogP contribution in [0.1, 0.15) is 61.3 Å². The van der Waals surface area contributed by atoms with Gasteiger partial charge < -0.3 is 19.7 Å². The largest absolute Gasteiger partial charge is 0.484 e. The van der Waals surface area contributed by atoms with Crippen molar-refractivity contribution in [2.24, 2.45) is 11.8 Å². The summed E-state index contributed by atoms with van der Waals surface area (Å²) in [6.45, 7) is 5.46. The van der Waals surface area contributed by atoms with E-state index in [0.717, 1.165) is 53.7 Å². The highest BCUT2D eigenvalue weighted by Gasteiger charge is 2.43. The average molecular weight is 492 g/mol. The number of rotatable bonds is 8. The fraction of sp³-hybridized carbons (Fsp3) is 0.600. The number of methoxy groups -OCH3 is 1. The second kappa shape index (κ2) is 9.07. The van der Waals surface area contributed by atoms with Crippen LogP contribution in [0, 0.1) is 23.5 Å². The molecule has 2 aromatic rings. The number of carbonyl (C=O) groups excluding carboxylic acids is 1. The SMILES string of the molecule is CCCc1sc(N2CC(C)(OC)C2)nc1C(=O)Nc1cc(F)c(O[C@H]2CCC3CC3C2)c(F)c1. The average Bonchev–Trinajstić information content (AvgIpc) is 3.43. The van der Waals surface area contributed by atoms with Crippen molar-refractivity contribution in [3.63, 3.8) is 0 Å². The number of hydrogen-bond donors (Lipinski definition) is 1. The minimum absolute atomic E-state index is 0.0474. The molecule has 5 rings (SSSR count). The van der Waals surface area contributed by atoms with Crippen molar-refractivity contribution in [3.05, 3.63) is 34.3 Å². The quantitative estimate of drug-likeness (QED) is 0.534. The van der Waals surface area contributed by atoms with Crippen LogP contribution in [0.25, 0.3) is 0 Å². The van der Waals surface area contributed by atoms with Gasteiger partial charge in [0.05, 0.1) is 24.8 Å². The molecule has 2 heterocycles. The summed E-state index contributed by atoms with van der Waals surface area (Å²) in [4.78, 5) is 20.5. The molecule has 0 radical (unpaired) electrons. The summed E-state index contributed by atoms with van der Waals surface area (Å²) in [6, 6.07) is 2.23. The van der Waals surface area contributed by atoms with Crippen molar-refractivity contribution in [2.45, 2.75) is 64.1 Å². The molecule has 1 aliphatic heterocycles. The van der Waals surface area contributed by atoms with Crippen LogP contribution in [-0.2, 0) is 11.2 Å². The molecule has 3 aliphatic rings. The number of thiazole rings is 1. The lowest BCUT2D eigenvalue weighted by atomic mass is 9.97. The van der Waals surface area contributed by atoms with Gasteiger partial charge in [0.2, 0.25) is 0 Å². The molecule has 1 aromatic heterocycles. The number of ether oxygens (including phenoxy) is 2. The van der Waals surface area contributed by atoms with E-state index in [-0.39, 0.29) is 23.1 Å². The van der Waals surface area contributed by atoms with Crippen LogP contribution in [0.15, 0.2) is 12.1 Å². The van der Waals surface area contributed by atoms with Gasteiger partial charge in [-0.1, -0.05) is 13.3 Å². The minimum atomic E-state index is -0.805. The third kappa shape index (κ3) is 4.64. The first-order valence-electron chi connectivity index (χ1n) is 12.1. The Bertz CT molecular complexity index is 1060. The lowest BCUT2D eigenvalue weighted by molar-refractivity contribution is -0.0167. The molecular formula is C25H31F2N3O3S. The van der Waals surface area contributed by atoms with E-state index in [1.807, 2.05) is 13.8 Å². The van der Waals surface area contributed by atoms with Gasteiger partial charge in [0, 0.05) is 29.8 Å². The second-order valence-electron chi connectivity index (χ2n) is 10.1. The van der Waals surface area contributed by atoms with Crippen LogP contribution in [0.3, 0.4) is 0 Å². The molecule has 3 fully saturated rings. The van der Waals surface area contributed by atoms with E-state index >= 15 is 0 Å². The van der Waals surface area contributed by atoms with Gasteiger partial charge in [0.15, 0.2) is 22.5 Å². The monoisotopic (exact) mass is 491 g/mol. The fourth-order valence-corrected chi connectivity index (χ4v) is 6.25. The summed E-state index contributed by atoms with van der Waals surface area (Å²) in [6.07, 6.45) is 5.35. The molecule has 6 nitrogen and oxygen atoms in total. The zero-order chi connectivity index (χ0) is 24.0. The molecular weight excluding hydrogens is 460 g/mol. The van der Waals surface area contributed by atoms with Gasteiger partial charge in [-0.2, -0.15) is 0 Å². The highest BCUT2D eigenvalue weighted by atomic mass is 32.1. The Balaban J connectivity index is 1.29. The summed E-state index contributed by atoms with van der Waals surface area (Å²) in [5.74, 6) is -1.02. The summed E-state index contributed by atoms with van der Waals surface area (Å²) < 4.78 is 40.7. The van der Waals surface area contributed by atoms with Crippen molar-refractivity contribution < 1.29 is 23.0 Å². The number of nitrogens with one attached hydrogen (secondary N) is 1. The highest BCUT2D eigenvalue weighted by Crippen LogP contribution is 2.50. The normalized spacial score (nSPS) is 24.9. The highest BCUT2D eigenvalue weighted by molar-refractivity contribution is 7.16. The molecule has 1 N–H and O–H groups in total. The fourth-order valence-electron chi connectivity index (χ4n) is 5.09. The number of hydrogen-bond acceptors (Lipinski definition) is 6. The van der Waals surface area contributed by atoms with E-state index in [4.69, 9.17) is 9.47 Å². The minimum Gasteiger partial charge on any atom is -0.484 e. The number of aromatic nitrogens is 1. The van der Waals surface area contributed by atoms with Gasteiger partial charge in [-0.3, -0.25) is 4.79 Å². The van der Waals surface area contributed by atoms with Gasteiger partial charge in [-0.15, -0.1) is 11.3 Å². The van der Waals surface area contributed by atoms with Crippen LogP contribution >= 0.6 is 11.3 Å². The van der Waals surface area contributed by atoms with Crippen LogP contribution < -0.4 is 15.0 Å². The number of anilines is 2. The zero-order valence-corrected chi connectivity index (χ0v) is 20.6. The van der Waals surface area contributed by atoms with E-state index in [2.05, 4.69) is 15.2 Å². The smallest absolute Gasteiger partial charge is 0.275 e. The summed E-state index contributed by atoms with van der Waals surface area (Å²) in [5.41, 5.74) is 0.136. The Morgan fingerprint density at radius 2 is 1.97 bits per heavy atom. The van der Waals surface area contributed by atoms with Gasteiger partial charge in [-0.05, 0) is 50.9 Å². The van der Waals surface area contributed by atoms with E-state index in [1.54, 1.807) is 7.11 Å². The van der Waals surface area contributed by atoms with Gasteiger partial charge in [0.25, 0.3) is 5.91 Å². The Morgan fingerprint density at radius 1 is 1.24 bits per heavy atom. The Hall–Kier alpha value is -2.26. The first-order valence-corrected chi connectivity index (χ1v) is 12.9. The Morgan fingerprint density at radius 3 is 2.62 bits per heavy atom. The van der Waals surface area contributed by atoms with Gasteiger partial charge >= 0.3 is 0 Å². The number of fused-ring (bicyclic) bond motifs is 1. The summed E-state index contributed by atoms with van der Waals surface area (Å²) in [5, 5.41) is 3.38. The molecule has 2 saturated carbocycles. The molecule has 3 atom stereocenters. The topological polar surface area (TPSA) is 63.7 Å². The molecule has 2 aliphatic carbocycles. The van der Waals surface area contributed by atoms with Crippen LogP contribution in [0.2, 0.25) is 0 Å². The predicted molar refractivity (Wildman–Crippen MR) is 128 cm³/mol. The van der Waals surface area contributed by atoms with Crippen LogP contribution in [0.5, 0.6) is 5.75 Å². The van der Waals surface area contributed by atoms with Crippen LogP contribution in [-0.4, -0.2) is 42.8 Å². The van der Waals surface area contributed by atoms with E-state index in [1.165, 1.54) is 17.8 Å². The Kier molecular flexibility index (Phi) is 6.27. The van der Waals surface area contributed by atoms with Crippen molar-refractivity contribution >= 4 is 28.1 Å². The standard InChI is InChI=1S/C25H31F2N3O3S/c1-4-5-20-21(29-24(34-20)30-12-25(2,13-30)32-3)23(31)28-16-10-18(26)22(19(27)11-16)33-17-7-6-14-8-15(14)9-17/h10-11,14-15,17H,4-9,12-13H2,1-3H3,(H,28,31)/t14?,15?,17-/m0/s1. The molecule has 0 bridgehead atoms. The second-order valence-corrected chi connectivity index (χ2v) is 11.1. The lowest BCUT2D eigenvalue weighted by Gasteiger charge is -2.46. The first-order chi connectivity index (χ1) is 16.3. The maximum atomic E-state index is 14.7. The molecule has 1 aromatic carbocycles. The van der Waals surface area contributed by atoms with E-state index < -0.39 is 17.5 Å². The summed E-state index contributed by atoms with van der Waals surface area (Å²) in [7, 11) is 1.69. The van der Waals surface area contributed by atoms with Crippen molar-refractivity contribution in [1.82, 2.24) is 4.98 Å². The maximum absolute atomic E-state index is 14.7. The molecule has 1 amide bonds. The third-order valence-electron chi connectivity index (χ3n) is 7.23. The van der Waals surface area contributed by atoms with E-state index in [9.17, 15) is 13.6 Å². The molecule has 0 spiro atoms. The first kappa shape index (κ1) is 23.5. The number of amides is 1. The Labute approximate surface area is 202 Å². The maximum Gasteiger partial charge on any atom is 0.275 e. The third-order valence-corrected chi connectivity index (χ3v) is 8.40. The lowest BCUT2D eigenvalue weighted by Crippen LogP contribution is -2.61. The number of halogens is 2. The number of aryl methyl sites for hydroxylation is 1. The number of benzene rings is 1. The predicted octanol–water partition coefficient (Wildman–Crippen LogP) is 5.42. The molecule has 1 saturated heterocycles. The molecule has 2 unspecified atom stereocenters. The van der Waals surface area contributed by atoms with Gasteiger partial charge in [-0.25, -0.2) is 13.8 Å². The molecule has 9 heteroatoms. The van der Waals surface area contributed by atoms with E-state index in [0.29, 0.717) is 31.1 Å².